The maximum atomic E-state index is 5.76. The van der Waals surface area contributed by atoms with Crippen molar-refractivity contribution in [1.29, 1.82) is 0 Å². The van der Waals surface area contributed by atoms with E-state index in [4.69, 9.17) is 9.47 Å². The van der Waals surface area contributed by atoms with Gasteiger partial charge in [0.1, 0.15) is 5.75 Å². The summed E-state index contributed by atoms with van der Waals surface area (Å²) in [5.74, 6) is 1.56. The van der Waals surface area contributed by atoms with Crippen LogP contribution in [-0.2, 0) is 4.74 Å². The highest BCUT2D eigenvalue weighted by atomic mass is 32.2. The maximum Gasteiger partial charge on any atom is 0.119 e. The van der Waals surface area contributed by atoms with Crippen molar-refractivity contribution in [2.75, 3.05) is 26.1 Å². The Morgan fingerprint density at radius 1 is 1.41 bits per heavy atom. The minimum Gasteiger partial charge on any atom is -0.494 e. The summed E-state index contributed by atoms with van der Waals surface area (Å²) in [5.41, 5.74) is 1.39. The Morgan fingerprint density at radius 2 is 2.24 bits per heavy atom. The largest absolute Gasteiger partial charge is 0.494 e. The van der Waals surface area contributed by atoms with Crippen molar-refractivity contribution >= 4 is 11.8 Å². The number of hydrogen-bond donors (Lipinski definition) is 0. The summed E-state index contributed by atoms with van der Waals surface area (Å²) in [7, 11) is 0. The fraction of sp³-hybridized carbons (Fsp3) is 0.571. The highest BCUT2D eigenvalue weighted by molar-refractivity contribution is 7.98. The molecule has 2 nitrogen and oxygen atoms in total. The Morgan fingerprint density at radius 3 is 2.82 bits per heavy atom. The third kappa shape index (κ3) is 3.17. The fourth-order valence-corrected chi connectivity index (χ4v) is 2.54. The van der Waals surface area contributed by atoms with Gasteiger partial charge in [-0.2, -0.15) is 0 Å². The van der Waals surface area contributed by atoms with Crippen molar-refractivity contribution in [3.63, 3.8) is 0 Å². The monoisotopic (exact) mass is 252 g/mol. The van der Waals surface area contributed by atoms with Gasteiger partial charge in [0.15, 0.2) is 0 Å². The van der Waals surface area contributed by atoms with Crippen molar-refractivity contribution in [2.24, 2.45) is 0 Å². The SMILES string of the molecule is CCCCOc1ccc(SC)c(C2COC2)c1. The zero-order valence-electron chi connectivity index (χ0n) is 10.6. The highest BCUT2D eigenvalue weighted by Crippen LogP contribution is 2.34. The van der Waals surface area contributed by atoms with Crippen molar-refractivity contribution in [2.45, 2.75) is 30.6 Å². The van der Waals surface area contributed by atoms with Crippen LogP contribution in [0.5, 0.6) is 5.75 Å². The van der Waals surface area contributed by atoms with Gasteiger partial charge >= 0.3 is 0 Å². The molecule has 0 amide bonds. The molecule has 0 radical (unpaired) electrons. The van der Waals surface area contributed by atoms with Gasteiger partial charge in [-0.3, -0.25) is 0 Å². The second kappa shape index (κ2) is 6.31. The normalized spacial score (nSPS) is 15.6. The quantitative estimate of drug-likeness (QED) is 0.568. The van der Waals surface area contributed by atoms with Gasteiger partial charge in [-0.25, -0.2) is 0 Å². The lowest BCUT2D eigenvalue weighted by Crippen LogP contribution is -2.25. The minimum atomic E-state index is 0.562. The van der Waals surface area contributed by atoms with Crippen LogP contribution in [0.2, 0.25) is 0 Å². The van der Waals surface area contributed by atoms with E-state index in [0.717, 1.165) is 32.0 Å². The minimum absolute atomic E-state index is 0.562. The summed E-state index contributed by atoms with van der Waals surface area (Å²) in [5, 5.41) is 0. The van der Waals surface area contributed by atoms with Crippen LogP contribution >= 0.6 is 11.8 Å². The van der Waals surface area contributed by atoms with Crippen LogP contribution in [0.3, 0.4) is 0 Å². The molecule has 0 spiro atoms. The maximum absolute atomic E-state index is 5.76. The lowest BCUT2D eigenvalue weighted by molar-refractivity contribution is 0.00731. The predicted molar refractivity (Wildman–Crippen MR) is 72.2 cm³/mol. The van der Waals surface area contributed by atoms with Crippen LogP contribution in [0.25, 0.3) is 0 Å². The molecule has 0 N–H and O–H groups in total. The van der Waals surface area contributed by atoms with Gasteiger partial charge in [0.05, 0.1) is 19.8 Å². The molecule has 17 heavy (non-hydrogen) atoms. The standard InChI is InChI=1S/C14H20O2S/c1-3-4-7-16-12-5-6-14(17-2)13(8-12)11-9-15-10-11/h5-6,8,11H,3-4,7,9-10H2,1-2H3. The number of benzene rings is 1. The molecule has 1 fully saturated rings. The van der Waals surface area contributed by atoms with E-state index in [9.17, 15) is 0 Å². The Balaban J connectivity index is 2.07. The molecular weight excluding hydrogens is 232 g/mol. The van der Waals surface area contributed by atoms with Gasteiger partial charge in [0, 0.05) is 10.8 Å². The molecule has 0 bridgehead atoms. The van der Waals surface area contributed by atoms with E-state index in [2.05, 4.69) is 31.4 Å². The van der Waals surface area contributed by atoms with Gasteiger partial charge in [-0.15, -0.1) is 11.8 Å². The molecule has 1 aromatic carbocycles. The molecule has 0 unspecified atom stereocenters. The molecule has 1 heterocycles. The molecule has 1 aliphatic rings. The first-order chi connectivity index (χ1) is 8.35. The zero-order valence-corrected chi connectivity index (χ0v) is 11.4. The molecule has 0 atom stereocenters. The highest BCUT2D eigenvalue weighted by Gasteiger charge is 2.23. The zero-order chi connectivity index (χ0) is 12.1. The van der Waals surface area contributed by atoms with E-state index in [1.54, 1.807) is 11.8 Å². The van der Waals surface area contributed by atoms with Crippen LogP contribution in [0.15, 0.2) is 23.1 Å². The summed E-state index contributed by atoms with van der Waals surface area (Å²) < 4.78 is 11.0. The van der Waals surface area contributed by atoms with Crippen molar-refractivity contribution < 1.29 is 9.47 Å². The summed E-state index contributed by atoms with van der Waals surface area (Å²) in [6.07, 6.45) is 4.41. The number of hydrogen-bond acceptors (Lipinski definition) is 3. The van der Waals surface area contributed by atoms with Gasteiger partial charge in [0.25, 0.3) is 0 Å². The molecule has 1 aromatic rings. The summed E-state index contributed by atoms with van der Waals surface area (Å²) >= 11 is 1.80. The molecule has 3 heteroatoms. The molecule has 1 aliphatic heterocycles. The number of unbranched alkanes of at least 4 members (excludes halogenated alkanes) is 1. The first-order valence-corrected chi connectivity index (χ1v) is 7.46. The third-order valence-electron chi connectivity index (χ3n) is 3.05. The predicted octanol–water partition coefficient (Wildman–Crippen LogP) is 3.70. The van der Waals surface area contributed by atoms with Crippen LogP contribution < -0.4 is 4.74 Å². The van der Waals surface area contributed by atoms with E-state index in [-0.39, 0.29) is 0 Å². The topological polar surface area (TPSA) is 18.5 Å². The van der Waals surface area contributed by atoms with E-state index in [0.29, 0.717) is 5.92 Å². The summed E-state index contributed by atoms with van der Waals surface area (Å²) in [4.78, 5) is 1.35. The lowest BCUT2D eigenvalue weighted by atomic mass is 9.97. The lowest BCUT2D eigenvalue weighted by Gasteiger charge is -2.28. The van der Waals surface area contributed by atoms with Crippen molar-refractivity contribution in [3.8, 4) is 5.75 Å². The van der Waals surface area contributed by atoms with E-state index in [1.807, 2.05) is 0 Å². The average Bonchev–Trinajstić information content (AvgIpc) is 2.28. The van der Waals surface area contributed by atoms with Gasteiger partial charge in [-0.1, -0.05) is 13.3 Å². The molecule has 2 rings (SSSR count). The van der Waals surface area contributed by atoms with Gasteiger partial charge < -0.3 is 9.47 Å². The first-order valence-electron chi connectivity index (χ1n) is 6.23. The molecule has 0 aromatic heterocycles. The first kappa shape index (κ1) is 12.8. The molecule has 0 saturated carbocycles. The third-order valence-corrected chi connectivity index (χ3v) is 3.86. The average molecular weight is 252 g/mol. The molecule has 0 aliphatic carbocycles. The molecule has 1 saturated heterocycles. The van der Waals surface area contributed by atoms with E-state index >= 15 is 0 Å². The van der Waals surface area contributed by atoms with E-state index < -0.39 is 0 Å². The summed E-state index contributed by atoms with van der Waals surface area (Å²) in [6.45, 7) is 4.70. The van der Waals surface area contributed by atoms with Crippen LogP contribution in [0, 0.1) is 0 Å². The van der Waals surface area contributed by atoms with Gasteiger partial charge in [0.2, 0.25) is 0 Å². The number of rotatable bonds is 6. The smallest absolute Gasteiger partial charge is 0.119 e. The summed E-state index contributed by atoms with van der Waals surface area (Å²) in [6, 6.07) is 6.43. The molecule has 94 valence electrons. The Kier molecular flexibility index (Phi) is 4.75. The van der Waals surface area contributed by atoms with Crippen molar-refractivity contribution in [1.82, 2.24) is 0 Å². The van der Waals surface area contributed by atoms with E-state index in [1.165, 1.54) is 16.9 Å². The van der Waals surface area contributed by atoms with Crippen LogP contribution in [0.1, 0.15) is 31.2 Å². The number of ether oxygens (including phenoxy) is 2. The van der Waals surface area contributed by atoms with Gasteiger partial charge in [-0.05, 0) is 36.4 Å². The second-order valence-electron chi connectivity index (χ2n) is 4.34. The second-order valence-corrected chi connectivity index (χ2v) is 5.19. The molecular formula is C14H20O2S. The van der Waals surface area contributed by atoms with Crippen LogP contribution in [-0.4, -0.2) is 26.1 Å². The Labute approximate surface area is 108 Å². The Bertz CT molecular complexity index is 361. The van der Waals surface area contributed by atoms with Crippen molar-refractivity contribution in [3.05, 3.63) is 23.8 Å². The Hall–Kier alpha value is -0.670. The number of thioether (sulfide) groups is 1. The fourth-order valence-electron chi connectivity index (χ4n) is 1.87. The van der Waals surface area contributed by atoms with Crippen LogP contribution in [0.4, 0.5) is 0 Å².